The lowest BCUT2D eigenvalue weighted by Gasteiger charge is -2.37. The Morgan fingerprint density at radius 2 is 2.00 bits per heavy atom. The zero-order valence-electron chi connectivity index (χ0n) is 16.3. The van der Waals surface area contributed by atoms with Gasteiger partial charge in [-0.25, -0.2) is 4.79 Å². The van der Waals surface area contributed by atoms with E-state index in [0.29, 0.717) is 41.3 Å². The smallest absolute Gasteiger partial charge is 0.329 e. The van der Waals surface area contributed by atoms with Crippen LogP contribution in [0.3, 0.4) is 0 Å². The summed E-state index contributed by atoms with van der Waals surface area (Å²) in [6, 6.07) is 10.6. The van der Waals surface area contributed by atoms with Crippen molar-refractivity contribution < 1.29 is 19.4 Å². The van der Waals surface area contributed by atoms with Crippen LogP contribution in [-0.2, 0) is 4.79 Å². The van der Waals surface area contributed by atoms with Gasteiger partial charge in [-0.1, -0.05) is 19.4 Å². The Morgan fingerprint density at radius 1 is 1.25 bits per heavy atom. The predicted molar refractivity (Wildman–Crippen MR) is 106 cm³/mol. The molecular formula is C22H26N2O4. The molecule has 2 N–H and O–H groups in total. The maximum Gasteiger partial charge on any atom is 0.329 e. The summed E-state index contributed by atoms with van der Waals surface area (Å²) in [5.41, 5.74) is 0.563. The van der Waals surface area contributed by atoms with Gasteiger partial charge in [0, 0.05) is 17.3 Å². The van der Waals surface area contributed by atoms with Crippen molar-refractivity contribution >= 4 is 11.9 Å². The molecule has 1 saturated carbocycles. The first kappa shape index (κ1) is 19.9. The number of pyridine rings is 1. The Bertz CT molecular complexity index is 843. The highest BCUT2D eigenvalue weighted by Gasteiger charge is 2.43. The number of nitrogens with one attached hydrogen (secondary N) is 1. The Kier molecular flexibility index (Phi) is 5.97. The van der Waals surface area contributed by atoms with Crippen molar-refractivity contribution in [2.75, 3.05) is 7.11 Å². The molecule has 148 valence electrons. The van der Waals surface area contributed by atoms with Crippen LogP contribution in [0.1, 0.15) is 49.4 Å². The molecule has 1 aliphatic carbocycles. The lowest BCUT2D eigenvalue weighted by atomic mass is 9.75. The molecule has 1 aromatic carbocycles. The van der Waals surface area contributed by atoms with E-state index in [9.17, 15) is 14.7 Å². The van der Waals surface area contributed by atoms with Crippen LogP contribution in [0.4, 0.5) is 0 Å². The highest BCUT2D eigenvalue weighted by atomic mass is 16.5. The Labute approximate surface area is 164 Å². The first-order valence-electron chi connectivity index (χ1n) is 9.64. The molecule has 0 spiro atoms. The van der Waals surface area contributed by atoms with E-state index in [0.717, 1.165) is 19.3 Å². The second-order valence-electron chi connectivity index (χ2n) is 7.32. The second-order valence-corrected chi connectivity index (χ2v) is 7.32. The first-order chi connectivity index (χ1) is 13.5. The van der Waals surface area contributed by atoms with Gasteiger partial charge in [-0.15, -0.1) is 0 Å². The summed E-state index contributed by atoms with van der Waals surface area (Å²) < 4.78 is 5.40. The number of aliphatic carboxylic acids is 1. The fourth-order valence-electron chi connectivity index (χ4n) is 3.83. The number of hydrogen-bond donors (Lipinski definition) is 2. The molecule has 6 heteroatoms. The molecule has 28 heavy (non-hydrogen) atoms. The topological polar surface area (TPSA) is 88.5 Å². The summed E-state index contributed by atoms with van der Waals surface area (Å²) in [6.45, 7) is 2.12. The number of carbonyl (C=O) groups is 2. The molecule has 1 aliphatic rings. The number of hydrogen-bond acceptors (Lipinski definition) is 4. The van der Waals surface area contributed by atoms with Gasteiger partial charge < -0.3 is 15.2 Å². The minimum atomic E-state index is -1.20. The standard InChI is InChI=1S/C22H26N2O4/c1-3-15-9-11-22(12-10-15,21(26)27)24-20(25)16-7-8-19(28-2)17(14-16)18-6-4-5-13-23-18/h4-8,13-15H,3,9-12H2,1-2H3,(H,24,25)(H,26,27). The van der Waals surface area contributed by atoms with E-state index in [1.165, 1.54) is 0 Å². The highest BCUT2D eigenvalue weighted by molar-refractivity contribution is 5.99. The Morgan fingerprint density at radius 3 is 2.57 bits per heavy atom. The van der Waals surface area contributed by atoms with Crippen LogP contribution in [0, 0.1) is 5.92 Å². The molecule has 1 aromatic heterocycles. The number of carboxylic acid groups (broad SMARTS) is 1. The number of carbonyl (C=O) groups excluding carboxylic acids is 1. The molecule has 0 atom stereocenters. The van der Waals surface area contributed by atoms with Crippen molar-refractivity contribution in [1.29, 1.82) is 0 Å². The van der Waals surface area contributed by atoms with Gasteiger partial charge in [-0.05, 0) is 61.9 Å². The number of carboxylic acids is 1. The van der Waals surface area contributed by atoms with E-state index in [1.54, 1.807) is 31.5 Å². The predicted octanol–water partition coefficient (Wildman–Crippen LogP) is 3.91. The van der Waals surface area contributed by atoms with Gasteiger partial charge in [0.15, 0.2) is 0 Å². The van der Waals surface area contributed by atoms with E-state index in [-0.39, 0.29) is 0 Å². The molecule has 6 nitrogen and oxygen atoms in total. The number of benzene rings is 1. The van der Waals surface area contributed by atoms with Crippen molar-refractivity contribution in [1.82, 2.24) is 10.3 Å². The van der Waals surface area contributed by atoms with Crippen LogP contribution in [-0.4, -0.2) is 34.6 Å². The molecule has 0 unspecified atom stereocenters. The van der Waals surface area contributed by atoms with Gasteiger partial charge in [0.1, 0.15) is 11.3 Å². The molecular weight excluding hydrogens is 356 g/mol. The molecule has 2 aromatic rings. The summed E-state index contributed by atoms with van der Waals surface area (Å²) in [6.07, 6.45) is 5.24. The van der Waals surface area contributed by atoms with Gasteiger partial charge in [-0.3, -0.25) is 9.78 Å². The number of aromatic nitrogens is 1. The number of methoxy groups -OCH3 is 1. The monoisotopic (exact) mass is 382 g/mol. The molecule has 1 fully saturated rings. The second kappa shape index (κ2) is 8.42. The molecule has 0 saturated heterocycles. The van der Waals surface area contributed by atoms with Crippen LogP contribution in [0.2, 0.25) is 0 Å². The first-order valence-corrected chi connectivity index (χ1v) is 9.64. The molecule has 0 bridgehead atoms. The maximum absolute atomic E-state index is 12.9. The Hall–Kier alpha value is -2.89. The summed E-state index contributed by atoms with van der Waals surface area (Å²) in [4.78, 5) is 29.2. The minimum Gasteiger partial charge on any atom is -0.496 e. The van der Waals surface area contributed by atoms with Crippen LogP contribution >= 0.6 is 0 Å². The largest absolute Gasteiger partial charge is 0.496 e. The number of amides is 1. The van der Waals surface area contributed by atoms with Gasteiger partial charge in [0.2, 0.25) is 0 Å². The minimum absolute atomic E-state index is 0.389. The zero-order valence-corrected chi connectivity index (χ0v) is 16.3. The van der Waals surface area contributed by atoms with Crippen molar-refractivity contribution in [2.24, 2.45) is 5.92 Å². The fraction of sp³-hybridized carbons (Fsp3) is 0.409. The third kappa shape index (κ3) is 4.01. The van der Waals surface area contributed by atoms with E-state index in [1.807, 2.05) is 18.2 Å². The number of ether oxygens (including phenoxy) is 1. The van der Waals surface area contributed by atoms with E-state index < -0.39 is 17.4 Å². The van der Waals surface area contributed by atoms with Crippen LogP contribution < -0.4 is 10.1 Å². The molecule has 0 radical (unpaired) electrons. The van der Waals surface area contributed by atoms with E-state index in [2.05, 4.69) is 17.2 Å². The van der Waals surface area contributed by atoms with Crippen molar-refractivity contribution in [2.45, 2.75) is 44.6 Å². The van der Waals surface area contributed by atoms with Crippen molar-refractivity contribution in [3.8, 4) is 17.0 Å². The maximum atomic E-state index is 12.9. The third-order valence-electron chi connectivity index (χ3n) is 5.70. The summed E-state index contributed by atoms with van der Waals surface area (Å²) >= 11 is 0. The van der Waals surface area contributed by atoms with Crippen LogP contribution in [0.15, 0.2) is 42.6 Å². The highest BCUT2D eigenvalue weighted by Crippen LogP contribution is 2.35. The molecule has 3 rings (SSSR count). The van der Waals surface area contributed by atoms with Crippen LogP contribution in [0.25, 0.3) is 11.3 Å². The molecule has 1 amide bonds. The lowest BCUT2D eigenvalue weighted by molar-refractivity contribution is -0.146. The lowest BCUT2D eigenvalue weighted by Crippen LogP contribution is -2.56. The summed E-state index contributed by atoms with van der Waals surface area (Å²) in [5.74, 6) is -0.223. The summed E-state index contributed by atoms with van der Waals surface area (Å²) in [7, 11) is 1.56. The van der Waals surface area contributed by atoms with Gasteiger partial charge in [-0.2, -0.15) is 0 Å². The quantitative estimate of drug-likeness (QED) is 0.791. The summed E-state index contributed by atoms with van der Waals surface area (Å²) in [5, 5.41) is 12.6. The number of rotatable bonds is 6. The van der Waals surface area contributed by atoms with Gasteiger partial charge >= 0.3 is 5.97 Å². The van der Waals surface area contributed by atoms with Gasteiger partial charge in [0.25, 0.3) is 5.91 Å². The zero-order chi connectivity index (χ0) is 20.1. The molecule has 1 heterocycles. The average molecular weight is 382 g/mol. The SMILES string of the molecule is CCC1CCC(NC(=O)c2ccc(OC)c(-c3ccccn3)c2)(C(=O)O)CC1. The van der Waals surface area contributed by atoms with Crippen LogP contribution in [0.5, 0.6) is 5.75 Å². The van der Waals surface area contributed by atoms with E-state index >= 15 is 0 Å². The van der Waals surface area contributed by atoms with E-state index in [4.69, 9.17) is 4.74 Å². The fourth-order valence-corrected chi connectivity index (χ4v) is 3.83. The van der Waals surface area contributed by atoms with Gasteiger partial charge in [0.05, 0.1) is 12.8 Å². The third-order valence-corrected chi connectivity index (χ3v) is 5.70. The Balaban J connectivity index is 1.87. The average Bonchev–Trinajstić information content (AvgIpc) is 2.74. The van der Waals surface area contributed by atoms with Crippen molar-refractivity contribution in [3.63, 3.8) is 0 Å². The number of nitrogens with zero attached hydrogens (tertiary/aromatic N) is 1. The van der Waals surface area contributed by atoms with Crippen molar-refractivity contribution in [3.05, 3.63) is 48.2 Å². The normalized spacial score (nSPS) is 21.7. The molecule has 0 aliphatic heterocycles.